The van der Waals surface area contributed by atoms with Gasteiger partial charge in [0.05, 0.1) is 23.1 Å². The lowest BCUT2D eigenvalue weighted by Gasteiger charge is -2.44. The molecule has 6 atom stereocenters. The zero-order valence-electron chi connectivity index (χ0n) is 27.6. The van der Waals surface area contributed by atoms with Gasteiger partial charge in [-0.25, -0.2) is 23.2 Å². The van der Waals surface area contributed by atoms with E-state index in [9.17, 15) is 23.1 Å². The van der Waals surface area contributed by atoms with Crippen molar-refractivity contribution in [2.75, 3.05) is 24.6 Å². The van der Waals surface area contributed by atoms with Gasteiger partial charge in [0.15, 0.2) is 5.78 Å². The van der Waals surface area contributed by atoms with Gasteiger partial charge in [0, 0.05) is 41.8 Å². The Morgan fingerprint density at radius 2 is 1.90 bits per heavy atom. The number of ketones is 1. The molecule has 7 rings (SSSR count). The minimum absolute atomic E-state index is 0.0384. The number of fused-ring (bicyclic) bond motifs is 3. The van der Waals surface area contributed by atoms with Gasteiger partial charge in [0.1, 0.15) is 5.75 Å². The molecule has 3 aliphatic carbocycles. The van der Waals surface area contributed by atoms with Crippen LogP contribution in [0.25, 0.3) is 0 Å². The van der Waals surface area contributed by atoms with Crippen LogP contribution in [-0.4, -0.2) is 60.2 Å². The fourth-order valence-electron chi connectivity index (χ4n) is 8.67. The molecule has 9 nitrogen and oxygen atoms in total. The van der Waals surface area contributed by atoms with Crippen molar-refractivity contribution in [3.8, 4) is 5.75 Å². The van der Waals surface area contributed by atoms with Crippen LogP contribution in [-0.2, 0) is 26.5 Å². The standard InChI is InChI=1S/C38H42ClN3O6S/c1-24-25(5-2-7-35(24)49(46,47)37-40-17-4-18-41-37)9-14-33(43)30-12-8-28(30)21-42-22-38(16-3-6-26-19-29(39)11-13-31(26)38)23-48-34-15-10-27(36(44)45)20-32(34)42/h4,9-11,13-15,17-20,24-25,28,30,35H,2-3,5-8,12,16,21-23H2,1H3,(H,44,45)/b14-9+/t24-,25-,28-,30+,35+,38?/m0/s1. The van der Waals surface area contributed by atoms with E-state index in [1.807, 2.05) is 19.1 Å². The molecule has 1 N–H and O–H groups in total. The first-order valence-corrected chi connectivity index (χ1v) is 19.3. The van der Waals surface area contributed by atoms with Crippen molar-refractivity contribution in [1.29, 1.82) is 0 Å². The lowest BCUT2D eigenvalue weighted by atomic mass is 9.68. The average Bonchev–Trinajstić information content (AvgIpc) is 3.23. The third-order valence-electron chi connectivity index (χ3n) is 11.5. The van der Waals surface area contributed by atoms with Gasteiger partial charge in [-0.05, 0) is 116 Å². The molecule has 1 aromatic heterocycles. The van der Waals surface area contributed by atoms with Crippen LogP contribution in [0.4, 0.5) is 5.69 Å². The first-order valence-electron chi connectivity index (χ1n) is 17.3. The number of carboxylic acid groups (broad SMARTS) is 1. The highest BCUT2D eigenvalue weighted by Gasteiger charge is 2.45. The van der Waals surface area contributed by atoms with Gasteiger partial charge in [0.25, 0.3) is 0 Å². The number of rotatable bonds is 8. The predicted molar refractivity (Wildman–Crippen MR) is 187 cm³/mol. The Morgan fingerprint density at radius 3 is 2.65 bits per heavy atom. The van der Waals surface area contributed by atoms with Crippen LogP contribution in [0.15, 0.2) is 72.2 Å². The number of hydrogen-bond donors (Lipinski definition) is 1. The summed E-state index contributed by atoms with van der Waals surface area (Å²) in [5.74, 6) is -0.553. The Labute approximate surface area is 292 Å². The molecule has 4 aliphatic rings. The molecule has 1 spiro atoms. The molecule has 2 heterocycles. The highest BCUT2D eigenvalue weighted by atomic mass is 35.5. The maximum absolute atomic E-state index is 13.7. The summed E-state index contributed by atoms with van der Waals surface area (Å²) in [6.07, 6.45) is 13.2. The number of aryl methyl sites for hydroxylation is 1. The summed E-state index contributed by atoms with van der Waals surface area (Å²) in [7, 11) is -3.69. The first kappa shape index (κ1) is 33.7. The van der Waals surface area contributed by atoms with Crippen LogP contribution in [0.1, 0.15) is 73.4 Å². The number of anilines is 1. The largest absolute Gasteiger partial charge is 0.490 e. The highest BCUT2D eigenvalue weighted by molar-refractivity contribution is 7.91. The zero-order chi connectivity index (χ0) is 34.3. The Bertz CT molecular complexity index is 1890. The molecule has 0 amide bonds. The van der Waals surface area contributed by atoms with Crippen molar-refractivity contribution in [3.63, 3.8) is 0 Å². The lowest BCUT2D eigenvalue weighted by molar-refractivity contribution is -0.122. The average molecular weight is 704 g/mol. The predicted octanol–water partition coefficient (Wildman–Crippen LogP) is 6.73. The fraction of sp³-hybridized carbons (Fsp3) is 0.474. The lowest BCUT2D eigenvalue weighted by Crippen LogP contribution is -2.49. The van der Waals surface area contributed by atoms with Crippen LogP contribution in [0.2, 0.25) is 5.02 Å². The Morgan fingerprint density at radius 1 is 1.08 bits per heavy atom. The van der Waals surface area contributed by atoms with Gasteiger partial charge in [-0.1, -0.05) is 37.1 Å². The molecule has 11 heteroatoms. The van der Waals surface area contributed by atoms with Gasteiger partial charge < -0.3 is 14.7 Å². The van der Waals surface area contributed by atoms with Crippen LogP contribution in [0.3, 0.4) is 0 Å². The van der Waals surface area contributed by atoms with Gasteiger partial charge in [0.2, 0.25) is 15.0 Å². The number of ether oxygens (including phenoxy) is 1. The Kier molecular flexibility index (Phi) is 9.30. The summed E-state index contributed by atoms with van der Waals surface area (Å²) in [5, 5.41) is 9.82. The van der Waals surface area contributed by atoms with Crippen molar-refractivity contribution in [3.05, 3.63) is 88.7 Å². The molecule has 3 aromatic rings. The molecular formula is C38H42ClN3O6S. The number of allylic oxidation sites excluding steroid dienone is 2. The quantitative estimate of drug-likeness (QED) is 0.201. The fourth-order valence-corrected chi connectivity index (χ4v) is 10.8. The highest BCUT2D eigenvalue weighted by Crippen LogP contribution is 2.46. The number of sulfone groups is 1. The topological polar surface area (TPSA) is 127 Å². The summed E-state index contributed by atoms with van der Waals surface area (Å²) in [4.78, 5) is 36.0. The van der Waals surface area contributed by atoms with Gasteiger partial charge in [-0.15, -0.1) is 0 Å². The van der Waals surface area contributed by atoms with Gasteiger partial charge in [-0.3, -0.25) is 4.79 Å². The smallest absolute Gasteiger partial charge is 0.335 e. The molecule has 258 valence electrons. The number of halogens is 1. The van der Waals surface area contributed by atoms with E-state index in [1.165, 1.54) is 23.5 Å². The van der Waals surface area contributed by atoms with Crippen LogP contribution in [0, 0.1) is 23.7 Å². The minimum Gasteiger partial charge on any atom is -0.490 e. The molecule has 49 heavy (non-hydrogen) atoms. The second-order valence-corrected chi connectivity index (χ2v) is 16.9. The molecule has 2 aromatic carbocycles. The van der Waals surface area contributed by atoms with Crippen molar-refractivity contribution >= 4 is 38.9 Å². The Balaban J connectivity index is 1.10. The number of aromatic nitrogens is 2. The summed E-state index contributed by atoms with van der Waals surface area (Å²) >= 11 is 6.39. The molecule has 0 saturated heterocycles. The van der Waals surface area contributed by atoms with E-state index in [0.29, 0.717) is 36.9 Å². The van der Waals surface area contributed by atoms with Gasteiger partial charge in [-0.2, -0.15) is 0 Å². The van der Waals surface area contributed by atoms with E-state index in [4.69, 9.17) is 16.3 Å². The normalized spacial score (nSPS) is 28.2. The van der Waals surface area contributed by atoms with Crippen molar-refractivity contribution in [2.45, 2.75) is 74.1 Å². The molecule has 2 fully saturated rings. The van der Waals surface area contributed by atoms with Crippen LogP contribution < -0.4 is 9.64 Å². The van der Waals surface area contributed by atoms with Crippen LogP contribution in [0.5, 0.6) is 5.75 Å². The third-order valence-corrected chi connectivity index (χ3v) is 13.9. The van der Waals surface area contributed by atoms with E-state index in [0.717, 1.165) is 50.6 Å². The van der Waals surface area contributed by atoms with Crippen LogP contribution >= 0.6 is 11.6 Å². The molecule has 0 radical (unpaired) electrons. The van der Waals surface area contributed by atoms with Crippen molar-refractivity contribution in [1.82, 2.24) is 9.97 Å². The van der Waals surface area contributed by atoms with E-state index >= 15 is 0 Å². The second-order valence-electron chi connectivity index (χ2n) is 14.4. The van der Waals surface area contributed by atoms with E-state index < -0.39 is 21.1 Å². The number of carboxylic acids is 1. The minimum atomic E-state index is -3.69. The van der Waals surface area contributed by atoms with E-state index in [1.54, 1.807) is 30.3 Å². The zero-order valence-corrected chi connectivity index (χ0v) is 29.2. The SMILES string of the molecule is C[C@H]1[C@H](/C=C/C(=O)[C@@H]2CC[C@H]2CN2CC3(CCCc4cc(Cl)ccc43)COc3ccc(C(=O)O)cc32)CCC[C@H]1S(=O)(=O)c1ncccn1. The number of aromatic carboxylic acids is 1. The van der Waals surface area contributed by atoms with Gasteiger partial charge >= 0.3 is 5.97 Å². The maximum Gasteiger partial charge on any atom is 0.335 e. The number of carbonyl (C=O) groups is 2. The molecule has 2 saturated carbocycles. The van der Waals surface area contributed by atoms with E-state index in [2.05, 4.69) is 27.0 Å². The van der Waals surface area contributed by atoms with E-state index in [-0.39, 0.29) is 45.6 Å². The number of benzene rings is 2. The Hall–Kier alpha value is -3.76. The molecule has 1 unspecified atom stereocenters. The first-order chi connectivity index (χ1) is 23.6. The molecule has 0 bridgehead atoms. The summed E-state index contributed by atoms with van der Waals surface area (Å²) < 4.78 is 33.2. The number of carbonyl (C=O) groups excluding carboxylic acids is 1. The molecular weight excluding hydrogens is 662 g/mol. The summed E-state index contributed by atoms with van der Waals surface area (Å²) in [5.41, 5.74) is 3.10. The summed E-state index contributed by atoms with van der Waals surface area (Å²) in [6, 6.07) is 12.7. The summed E-state index contributed by atoms with van der Waals surface area (Å²) in [6.45, 7) is 3.67. The molecule has 1 aliphatic heterocycles. The van der Waals surface area contributed by atoms with Crippen molar-refractivity contribution in [2.24, 2.45) is 23.7 Å². The third kappa shape index (κ3) is 6.50. The number of hydrogen-bond acceptors (Lipinski definition) is 8. The number of nitrogens with zero attached hydrogens (tertiary/aromatic N) is 3. The monoisotopic (exact) mass is 703 g/mol. The second kappa shape index (κ2) is 13.5. The maximum atomic E-state index is 13.7. The van der Waals surface area contributed by atoms with Crippen molar-refractivity contribution < 1.29 is 27.9 Å².